The van der Waals surface area contributed by atoms with E-state index in [1.54, 1.807) is 0 Å². The average Bonchev–Trinajstić information content (AvgIpc) is 2.45. The van der Waals surface area contributed by atoms with E-state index >= 15 is 0 Å². The number of hydrogen-bond acceptors (Lipinski definition) is 2. The van der Waals surface area contributed by atoms with Gasteiger partial charge in [-0.05, 0) is 55.2 Å². The molecular formula is C18H28N2O. The molecule has 0 fully saturated rings. The summed E-state index contributed by atoms with van der Waals surface area (Å²) in [5, 5.41) is 3.20. The lowest BCUT2D eigenvalue weighted by Crippen LogP contribution is -2.39. The number of carbonyl (C=O) groups is 1. The lowest BCUT2D eigenvalue weighted by molar-refractivity contribution is -0.122. The molecule has 0 bridgehead atoms. The van der Waals surface area contributed by atoms with Crippen molar-refractivity contribution in [1.82, 2.24) is 5.32 Å². The van der Waals surface area contributed by atoms with Crippen LogP contribution < -0.4 is 11.1 Å². The fraction of sp³-hybridized carbons (Fsp3) is 0.611. The van der Waals surface area contributed by atoms with Gasteiger partial charge in [-0.15, -0.1) is 0 Å². The molecule has 1 aliphatic carbocycles. The minimum absolute atomic E-state index is 0.158. The first-order chi connectivity index (χ1) is 10.00. The van der Waals surface area contributed by atoms with Gasteiger partial charge >= 0.3 is 0 Å². The molecule has 1 atom stereocenters. The smallest absolute Gasteiger partial charge is 0.220 e. The van der Waals surface area contributed by atoms with Gasteiger partial charge in [-0.25, -0.2) is 0 Å². The molecule has 0 aliphatic heterocycles. The first-order valence-electron chi connectivity index (χ1n) is 8.06. The molecule has 0 saturated heterocycles. The summed E-state index contributed by atoms with van der Waals surface area (Å²) in [4.78, 5) is 12.1. The first kappa shape index (κ1) is 16.0. The minimum Gasteiger partial charge on any atom is -0.353 e. The van der Waals surface area contributed by atoms with E-state index in [2.05, 4.69) is 43.4 Å². The van der Waals surface area contributed by atoms with Crippen LogP contribution in [0.4, 0.5) is 0 Å². The third-order valence-corrected chi connectivity index (χ3v) is 4.56. The third-order valence-electron chi connectivity index (χ3n) is 4.56. The van der Waals surface area contributed by atoms with E-state index in [4.69, 9.17) is 5.73 Å². The Balaban J connectivity index is 1.79. The summed E-state index contributed by atoms with van der Waals surface area (Å²) in [6.07, 6.45) is 5.56. The van der Waals surface area contributed by atoms with Gasteiger partial charge in [-0.3, -0.25) is 4.79 Å². The Morgan fingerprint density at radius 2 is 2.00 bits per heavy atom. The molecular weight excluding hydrogens is 260 g/mol. The van der Waals surface area contributed by atoms with Crippen molar-refractivity contribution in [3.05, 3.63) is 35.4 Å². The standard InChI is InChI=1S/C18H28N2O/c1-18(2,11-12-19)10-9-17(21)20-16-8-7-14-5-3-4-6-15(14)13-16/h3-6,16H,7-13,19H2,1-2H3,(H,20,21). The molecule has 116 valence electrons. The number of nitrogens with one attached hydrogen (secondary N) is 1. The normalized spacial score (nSPS) is 18.1. The molecule has 1 aromatic carbocycles. The number of rotatable bonds is 6. The van der Waals surface area contributed by atoms with Gasteiger partial charge < -0.3 is 11.1 Å². The quantitative estimate of drug-likeness (QED) is 0.845. The van der Waals surface area contributed by atoms with Crippen LogP contribution in [0.5, 0.6) is 0 Å². The van der Waals surface area contributed by atoms with Gasteiger partial charge in [-0.1, -0.05) is 38.1 Å². The molecule has 0 heterocycles. The van der Waals surface area contributed by atoms with Crippen molar-refractivity contribution in [1.29, 1.82) is 0 Å². The molecule has 3 N–H and O–H groups in total. The van der Waals surface area contributed by atoms with Crippen LogP contribution in [-0.2, 0) is 17.6 Å². The summed E-state index contributed by atoms with van der Waals surface area (Å²) in [5.74, 6) is 0.185. The van der Waals surface area contributed by atoms with E-state index in [-0.39, 0.29) is 11.3 Å². The van der Waals surface area contributed by atoms with Crippen molar-refractivity contribution in [2.45, 2.75) is 58.4 Å². The highest BCUT2D eigenvalue weighted by atomic mass is 16.1. The molecule has 0 saturated carbocycles. The zero-order chi connectivity index (χ0) is 15.3. The van der Waals surface area contributed by atoms with Gasteiger partial charge in [0.2, 0.25) is 5.91 Å². The van der Waals surface area contributed by atoms with Crippen LogP contribution in [0, 0.1) is 5.41 Å². The summed E-state index contributed by atoms with van der Waals surface area (Å²) in [6, 6.07) is 8.85. The Hall–Kier alpha value is -1.35. The predicted octanol–water partition coefficient (Wildman–Crippen LogP) is 2.82. The molecule has 3 heteroatoms. The van der Waals surface area contributed by atoms with Crippen molar-refractivity contribution in [2.24, 2.45) is 11.1 Å². The van der Waals surface area contributed by atoms with Gasteiger partial charge in [0.15, 0.2) is 0 Å². The molecule has 21 heavy (non-hydrogen) atoms. The maximum atomic E-state index is 12.1. The predicted molar refractivity (Wildman–Crippen MR) is 87.1 cm³/mol. The van der Waals surface area contributed by atoms with Gasteiger partial charge in [0, 0.05) is 12.5 Å². The van der Waals surface area contributed by atoms with Crippen LogP contribution >= 0.6 is 0 Å². The molecule has 0 aromatic heterocycles. The monoisotopic (exact) mass is 288 g/mol. The second-order valence-corrected chi connectivity index (χ2v) is 6.98. The Kier molecular flexibility index (Phi) is 5.40. The molecule has 2 rings (SSSR count). The molecule has 1 aliphatic rings. The van der Waals surface area contributed by atoms with Crippen molar-refractivity contribution in [3.63, 3.8) is 0 Å². The topological polar surface area (TPSA) is 55.1 Å². The SMILES string of the molecule is CC(C)(CCN)CCC(=O)NC1CCc2ccccc2C1. The van der Waals surface area contributed by atoms with E-state index in [0.717, 1.165) is 32.1 Å². The lowest BCUT2D eigenvalue weighted by atomic mass is 9.84. The highest BCUT2D eigenvalue weighted by molar-refractivity contribution is 5.76. The number of carbonyl (C=O) groups excluding carboxylic acids is 1. The van der Waals surface area contributed by atoms with Crippen LogP contribution in [0.15, 0.2) is 24.3 Å². The van der Waals surface area contributed by atoms with E-state index in [1.165, 1.54) is 11.1 Å². The Labute approximate surface area is 128 Å². The van der Waals surface area contributed by atoms with Crippen LogP contribution in [0.25, 0.3) is 0 Å². The number of fused-ring (bicyclic) bond motifs is 1. The number of benzene rings is 1. The fourth-order valence-corrected chi connectivity index (χ4v) is 3.09. The average molecular weight is 288 g/mol. The Bertz CT molecular complexity index is 482. The molecule has 1 unspecified atom stereocenters. The second kappa shape index (κ2) is 7.08. The van der Waals surface area contributed by atoms with Gasteiger partial charge in [-0.2, -0.15) is 0 Å². The van der Waals surface area contributed by atoms with E-state index < -0.39 is 0 Å². The summed E-state index contributed by atoms with van der Waals surface area (Å²) in [7, 11) is 0. The van der Waals surface area contributed by atoms with Crippen LogP contribution in [0.3, 0.4) is 0 Å². The number of aryl methyl sites for hydroxylation is 1. The molecule has 1 aromatic rings. The molecule has 0 spiro atoms. The van der Waals surface area contributed by atoms with Crippen LogP contribution in [0.2, 0.25) is 0 Å². The van der Waals surface area contributed by atoms with Gasteiger partial charge in [0.25, 0.3) is 0 Å². The minimum atomic E-state index is 0.158. The largest absolute Gasteiger partial charge is 0.353 e. The van der Waals surface area contributed by atoms with Crippen molar-refractivity contribution < 1.29 is 4.79 Å². The highest BCUT2D eigenvalue weighted by Gasteiger charge is 2.22. The maximum Gasteiger partial charge on any atom is 0.220 e. The molecule has 3 nitrogen and oxygen atoms in total. The van der Waals surface area contributed by atoms with Crippen molar-refractivity contribution in [2.75, 3.05) is 6.54 Å². The summed E-state index contributed by atoms with van der Waals surface area (Å²) < 4.78 is 0. The summed E-state index contributed by atoms with van der Waals surface area (Å²) >= 11 is 0. The Morgan fingerprint density at radius 3 is 2.71 bits per heavy atom. The highest BCUT2D eigenvalue weighted by Crippen LogP contribution is 2.26. The number of hydrogen-bond donors (Lipinski definition) is 2. The second-order valence-electron chi connectivity index (χ2n) is 6.98. The third kappa shape index (κ3) is 4.85. The van der Waals surface area contributed by atoms with E-state index in [0.29, 0.717) is 19.0 Å². The fourth-order valence-electron chi connectivity index (χ4n) is 3.09. The van der Waals surface area contributed by atoms with Crippen molar-refractivity contribution >= 4 is 5.91 Å². The Morgan fingerprint density at radius 1 is 1.29 bits per heavy atom. The zero-order valence-corrected chi connectivity index (χ0v) is 13.3. The lowest BCUT2D eigenvalue weighted by Gasteiger charge is -2.27. The summed E-state index contributed by atoms with van der Waals surface area (Å²) in [6.45, 7) is 5.06. The van der Waals surface area contributed by atoms with Crippen LogP contribution in [0.1, 0.15) is 50.7 Å². The number of amides is 1. The number of nitrogens with two attached hydrogens (primary N) is 1. The summed E-state index contributed by atoms with van der Waals surface area (Å²) in [5.41, 5.74) is 8.60. The van der Waals surface area contributed by atoms with Gasteiger partial charge in [0.1, 0.15) is 0 Å². The zero-order valence-electron chi connectivity index (χ0n) is 13.3. The van der Waals surface area contributed by atoms with E-state index in [9.17, 15) is 4.79 Å². The first-order valence-corrected chi connectivity index (χ1v) is 8.06. The van der Waals surface area contributed by atoms with Crippen LogP contribution in [-0.4, -0.2) is 18.5 Å². The van der Waals surface area contributed by atoms with Gasteiger partial charge in [0.05, 0.1) is 0 Å². The molecule has 1 amide bonds. The van der Waals surface area contributed by atoms with Crippen molar-refractivity contribution in [3.8, 4) is 0 Å². The van der Waals surface area contributed by atoms with E-state index in [1.807, 2.05) is 0 Å². The maximum absolute atomic E-state index is 12.1. The molecule has 0 radical (unpaired) electrons.